The smallest absolute Gasteiger partial charge is 0.203 e. The van der Waals surface area contributed by atoms with Crippen molar-refractivity contribution in [1.82, 2.24) is 0 Å². The number of hydrogen-bond donors (Lipinski definition) is 0. The van der Waals surface area contributed by atoms with Crippen LogP contribution in [0, 0.1) is 0 Å². The lowest BCUT2D eigenvalue weighted by Gasteiger charge is -2.08. The standard InChI is InChI=1S/C20H16O4/c1-3-12-8-14-18(10-17(12)22-2)23-11-15(20(14)21)19-9-13-6-4-5-7-16(13)24-19/h4-11H,3H2,1-2H3. The first-order valence-corrected chi connectivity index (χ1v) is 7.82. The largest absolute Gasteiger partial charge is 0.496 e. The zero-order valence-electron chi connectivity index (χ0n) is 13.5. The minimum Gasteiger partial charge on any atom is -0.496 e. The van der Waals surface area contributed by atoms with Crippen LogP contribution in [0.2, 0.25) is 0 Å². The molecule has 4 aromatic rings. The molecule has 2 aromatic carbocycles. The molecule has 0 aliphatic carbocycles. The molecule has 0 unspecified atom stereocenters. The number of rotatable bonds is 3. The molecule has 0 aliphatic rings. The van der Waals surface area contributed by atoms with Crippen LogP contribution in [0.1, 0.15) is 12.5 Å². The van der Waals surface area contributed by atoms with Gasteiger partial charge < -0.3 is 13.6 Å². The highest BCUT2D eigenvalue weighted by Gasteiger charge is 2.15. The summed E-state index contributed by atoms with van der Waals surface area (Å²) in [7, 11) is 1.61. The maximum Gasteiger partial charge on any atom is 0.203 e. The molecular formula is C20H16O4. The molecule has 2 heterocycles. The lowest BCUT2D eigenvalue weighted by molar-refractivity contribution is 0.409. The van der Waals surface area contributed by atoms with E-state index in [1.165, 1.54) is 6.26 Å². The third-order valence-corrected chi connectivity index (χ3v) is 4.25. The van der Waals surface area contributed by atoms with Crippen molar-refractivity contribution in [2.75, 3.05) is 7.11 Å². The van der Waals surface area contributed by atoms with E-state index in [1.807, 2.05) is 43.3 Å². The van der Waals surface area contributed by atoms with Crippen LogP contribution in [0.25, 0.3) is 33.3 Å². The number of methoxy groups -OCH3 is 1. The van der Waals surface area contributed by atoms with E-state index in [0.29, 0.717) is 22.3 Å². The van der Waals surface area contributed by atoms with Gasteiger partial charge in [0.05, 0.1) is 12.5 Å². The molecular weight excluding hydrogens is 304 g/mol. The van der Waals surface area contributed by atoms with Gasteiger partial charge in [0.1, 0.15) is 34.5 Å². The van der Waals surface area contributed by atoms with Gasteiger partial charge in [0.15, 0.2) is 0 Å². The predicted molar refractivity (Wildman–Crippen MR) is 93.6 cm³/mol. The van der Waals surface area contributed by atoms with Crippen molar-refractivity contribution in [2.45, 2.75) is 13.3 Å². The number of benzene rings is 2. The van der Waals surface area contributed by atoms with Crippen molar-refractivity contribution < 1.29 is 13.6 Å². The number of para-hydroxylation sites is 1. The van der Waals surface area contributed by atoms with Crippen molar-refractivity contribution in [3.8, 4) is 17.1 Å². The van der Waals surface area contributed by atoms with Gasteiger partial charge in [0, 0.05) is 11.5 Å². The Morgan fingerprint density at radius 1 is 1.08 bits per heavy atom. The molecule has 0 aliphatic heterocycles. The fourth-order valence-corrected chi connectivity index (χ4v) is 2.95. The van der Waals surface area contributed by atoms with Gasteiger partial charge in [0.25, 0.3) is 0 Å². The average Bonchev–Trinajstić information content (AvgIpc) is 3.04. The highest BCUT2D eigenvalue weighted by Crippen LogP contribution is 2.29. The third-order valence-electron chi connectivity index (χ3n) is 4.25. The van der Waals surface area contributed by atoms with Gasteiger partial charge in [-0.05, 0) is 30.2 Å². The molecule has 0 fully saturated rings. The van der Waals surface area contributed by atoms with E-state index >= 15 is 0 Å². The molecule has 0 N–H and O–H groups in total. The Kier molecular flexibility index (Phi) is 3.38. The van der Waals surface area contributed by atoms with E-state index in [-0.39, 0.29) is 5.43 Å². The first-order chi connectivity index (χ1) is 11.7. The molecule has 0 spiro atoms. The minimum atomic E-state index is -0.104. The lowest BCUT2D eigenvalue weighted by Crippen LogP contribution is -2.05. The maximum atomic E-state index is 12.9. The molecule has 24 heavy (non-hydrogen) atoms. The van der Waals surface area contributed by atoms with Crippen LogP contribution in [-0.4, -0.2) is 7.11 Å². The second kappa shape index (κ2) is 5.57. The molecule has 4 nitrogen and oxygen atoms in total. The molecule has 4 heteroatoms. The van der Waals surface area contributed by atoms with Crippen LogP contribution in [-0.2, 0) is 6.42 Å². The molecule has 0 saturated carbocycles. The van der Waals surface area contributed by atoms with Crippen LogP contribution >= 0.6 is 0 Å². The van der Waals surface area contributed by atoms with Gasteiger partial charge in [0.2, 0.25) is 5.43 Å². The van der Waals surface area contributed by atoms with Crippen molar-refractivity contribution in [2.24, 2.45) is 0 Å². The molecule has 0 radical (unpaired) electrons. The summed E-state index contributed by atoms with van der Waals surface area (Å²) in [6.07, 6.45) is 2.22. The molecule has 0 saturated heterocycles. The Hall–Kier alpha value is -3.01. The third kappa shape index (κ3) is 2.19. The normalized spacial score (nSPS) is 11.2. The molecule has 2 aromatic heterocycles. The van der Waals surface area contributed by atoms with E-state index in [0.717, 1.165) is 28.7 Å². The van der Waals surface area contributed by atoms with E-state index in [4.69, 9.17) is 13.6 Å². The summed E-state index contributed by atoms with van der Waals surface area (Å²) in [5, 5.41) is 1.49. The monoisotopic (exact) mass is 320 g/mol. The van der Waals surface area contributed by atoms with E-state index in [2.05, 4.69) is 0 Å². The summed E-state index contributed by atoms with van der Waals surface area (Å²) in [5.41, 5.74) is 2.54. The van der Waals surface area contributed by atoms with Crippen molar-refractivity contribution >= 4 is 21.9 Å². The van der Waals surface area contributed by atoms with Gasteiger partial charge in [-0.25, -0.2) is 0 Å². The summed E-state index contributed by atoms with van der Waals surface area (Å²) < 4.78 is 16.8. The van der Waals surface area contributed by atoms with Crippen molar-refractivity contribution in [3.63, 3.8) is 0 Å². The summed E-state index contributed by atoms with van der Waals surface area (Å²) >= 11 is 0. The first kappa shape index (κ1) is 14.6. The van der Waals surface area contributed by atoms with Gasteiger partial charge in [-0.15, -0.1) is 0 Å². The fourth-order valence-electron chi connectivity index (χ4n) is 2.95. The van der Waals surface area contributed by atoms with Crippen molar-refractivity contribution in [1.29, 1.82) is 0 Å². The van der Waals surface area contributed by atoms with E-state index < -0.39 is 0 Å². The second-order valence-electron chi connectivity index (χ2n) is 5.64. The second-order valence-corrected chi connectivity index (χ2v) is 5.64. The Morgan fingerprint density at radius 3 is 2.67 bits per heavy atom. The Morgan fingerprint density at radius 2 is 1.92 bits per heavy atom. The topological polar surface area (TPSA) is 52.6 Å². The van der Waals surface area contributed by atoms with Gasteiger partial charge in [-0.3, -0.25) is 4.79 Å². The minimum absolute atomic E-state index is 0.104. The summed E-state index contributed by atoms with van der Waals surface area (Å²) in [6.45, 7) is 2.02. The SMILES string of the molecule is CCc1cc2c(=O)c(-c3cc4ccccc4o3)coc2cc1OC. The van der Waals surface area contributed by atoms with Gasteiger partial charge in [-0.2, -0.15) is 0 Å². The zero-order chi connectivity index (χ0) is 16.7. The van der Waals surface area contributed by atoms with E-state index in [1.54, 1.807) is 13.2 Å². The van der Waals surface area contributed by atoms with Crippen molar-refractivity contribution in [3.05, 3.63) is 64.5 Å². The van der Waals surface area contributed by atoms with Crippen LogP contribution in [0.4, 0.5) is 0 Å². The number of furan rings is 1. The molecule has 120 valence electrons. The summed E-state index contributed by atoms with van der Waals surface area (Å²) in [4.78, 5) is 12.9. The highest BCUT2D eigenvalue weighted by molar-refractivity contribution is 5.86. The first-order valence-electron chi connectivity index (χ1n) is 7.82. The molecule has 0 amide bonds. The van der Waals surface area contributed by atoms with E-state index in [9.17, 15) is 4.79 Å². The Labute approximate surface area is 138 Å². The number of ether oxygens (including phenoxy) is 1. The summed E-state index contributed by atoms with van der Waals surface area (Å²) in [5.74, 6) is 1.24. The lowest BCUT2D eigenvalue weighted by atomic mass is 10.1. The fraction of sp³-hybridized carbons (Fsp3) is 0.150. The molecule has 4 rings (SSSR count). The number of hydrogen-bond acceptors (Lipinski definition) is 4. The summed E-state index contributed by atoms with van der Waals surface area (Å²) in [6, 6.07) is 13.1. The average molecular weight is 320 g/mol. The maximum absolute atomic E-state index is 12.9. The van der Waals surface area contributed by atoms with Crippen LogP contribution in [0.3, 0.4) is 0 Å². The Bertz CT molecular complexity index is 1070. The van der Waals surface area contributed by atoms with Gasteiger partial charge in [-0.1, -0.05) is 25.1 Å². The number of aryl methyl sites for hydroxylation is 1. The number of fused-ring (bicyclic) bond motifs is 2. The van der Waals surface area contributed by atoms with Gasteiger partial charge >= 0.3 is 0 Å². The van der Waals surface area contributed by atoms with Crippen LogP contribution in [0.15, 0.2) is 62.4 Å². The molecule has 0 bridgehead atoms. The highest BCUT2D eigenvalue weighted by atomic mass is 16.5. The zero-order valence-corrected chi connectivity index (χ0v) is 13.5. The Balaban J connectivity index is 1.96. The van der Waals surface area contributed by atoms with Crippen LogP contribution in [0.5, 0.6) is 5.75 Å². The molecule has 0 atom stereocenters. The predicted octanol–water partition coefficient (Wildman–Crippen LogP) is 4.78. The van der Waals surface area contributed by atoms with Crippen LogP contribution < -0.4 is 10.2 Å². The quantitative estimate of drug-likeness (QED) is 0.545.